The minimum absolute atomic E-state index is 0.0504. The Morgan fingerprint density at radius 2 is 1.80 bits per heavy atom. The molecule has 5 nitrogen and oxygen atoms in total. The van der Waals surface area contributed by atoms with Crippen LogP contribution in [0.15, 0.2) is 64.9 Å². The van der Waals surface area contributed by atoms with Gasteiger partial charge in [-0.3, -0.25) is 14.9 Å². The highest BCUT2D eigenvalue weighted by atomic mass is 32.2. The third-order valence-electron chi connectivity index (χ3n) is 4.40. The minimum atomic E-state index is -0.218. The van der Waals surface area contributed by atoms with E-state index in [1.54, 1.807) is 17.8 Å². The van der Waals surface area contributed by atoms with Crippen LogP contribution in [0.2, 0.25) is 0 Å². The molecule has 3 rings (SSSR count). The van der Waals surface area contributed by atoms with Gasteiger partial charge >= 0.3 is 0 Å². The molecule has 0 spiro atoms. The number of amides is 2. The van der Waals surface area contributed by atoms with Crippen LogP contribution in [-0.2, 0) is 9.59 Å². The van der Waals surface area contributed by atoms with Crippen LogP contribution in [0.3, 0.4) is 0 Å². The number of aromatic nitrogens is 1. The number of carbonyl (C=O) groups is 2. The van der Waals surface area contributed by atoms with Gasteiger partial charge in [-0.05, 0) is 42.5 Å². The predicted molar refractivity (Wildman–Crippen MR) is 126 cm³/mol. The lowest BCUT2D eigenvalue weighted by molar-refractivity contribution is -0.119. The average molecular weight is 438 g/mol. The largest absolute Gasteiger partial charge is 0.350 e. The molecule has 0 aliphatic carbocycles. The summed E-state index contributed by atoms with van der Waals surface area (Å²) in [7, 11) is 0. The molecule has 0 bridgehead atoms. The Labute approximate surface area is 184 Å². The van der Waals surface area contributed by atoms with Gasteiger partial charge < -0.3 is 5.32 Å². The van der Waals surface area contributed by atoms with Gasteiger partial charge in [0.05, 0.1) is 11.7 Å². The van der Waals surface area contributed by atoms with Crippen LogP contribution >= 0.6 is 23.1 Å². The molecule has 2 aromatic carbocycles. The number of hydrogen-bond acceptors (Lipinski definition) is 5. The Morgan fingerprint density at radius 1 is 1.10 bits per heavy atom. The molecular weight excluding hydrogens is 414 g/mol. The molecular formula is C23H23N3O2S2. The SMILES string of the molecule is CSc1ccc(/C=C/C(=O)Nc2nc(-c3ccc(C(C)NC(C)=O)cc3)cs2)cc1. The summed E-state index contributed by atoms with van der Waals surface area (Å²) < 4.78 is 0. The lowest BCUT2D eigenvalue weighted by Gasteiger charge is -2.12. The van der Waals surface area contributed by atoms with Gasteiger partial charge in [0.25, 0.3) is 0 Å². The second kappa shape index (κ2) is 10.2. The Hall–Kier alpha value is -2.90. The number of thioether (sulfide) groups is 1. The van der Waals surface area contributed by atoms with Crippen molar-refractivity contribution in [1.82, 2.24) is 10.3 Å². The van der Waals surface area contributed by atoms with Crippen molar-refractivity contribution in [2.45, 2.75) is 24.8 Å². The molecule has 3 aromatic rings. The molecule has 0 radical (unpaired) electrons. The molecule has 7 heteroatoms. The van der Waals surface area contributed by atoms with E-state index in [2.05, 4.69) is 15.6 Å². The standard InChI is InChI=1S/C23H23N3O2S2/c1-15(24-16(2)27)18-7-9-19(10-8-18)21-14-30-23(25-21)26-22(28)13-6-17-4-11-20(29-3)12-5-17/h4-15H,1-3H3,(H,24,27)(H,25,26,28)/b13-6+. The van der Waals surface area contributed by atoms with Gasteiger partial charge in [0.1, 0.15) is 0 Å². The molecule has 2 amide bonds. The van der Waals surface area contributed by atoms with Gasteiger partial charge in [0.15, 0.2) is 5.13 Å². The summed E-state index contributed by atoms with van der Waals surface area (Å²) in [5.74, 6) is -0.276. The molecule has 1 aromatic heterocycles. The third kappa shape index (κ3) is 6.05. The summed E-state index contributed by atoms with van der Waals surface area (Å²) >= 11 is 3.06. The lowest BCUT2D eigenvalue weighted by Crippen LogP contribution is -2.23. The number of thiazole rings is 1. The fraction of sp³-hybridized carbons (Fsp3) is 0.174. The second-order valence-corrected chi connectivity index (χ2v) is 8.42. The molecule has 1 heterocycles. The van der Waals surface area contributed by atoms with E-state index in [1.165, 1.54) is 29.2 Å². The highest BCUT2D eigenvalue weighted by molar-refractivity contribution is 7.98. The minimum Gasteiger partial charge on any atom is -0.350 e. The Balaban J connectivity index is 1.60. The topological polar surface area (TPSA) is 71.1 Å². The summed E-state index contributed by atoms with van der Waals surface area (Å²) in [6, 6.07) is 15.8. The fourth-order valence-electron chi connectivity index (χ4n) is 2.83. The van der Waals surface area contributed by atoms with Crippen molar-refractivity contribution in [1.29, 1.82) is 0 Å². The van der Waals surface area contributed by atoms with Crippen LogP contribution in [-0.4, -0.2) is 23.1 Å². The first-order valence-electron chi connectivity index (χ1n) is 9.40. The maximum Gasteiger partial charge on any atom is 0.250 e. The Bertz CT molecular complexity index is 1040. The van der Waals surface area contributed by atoms with Crippen molar-refractivity contribution in [3.05, 3.63) is 71.1 Å². The predicted octanol–water partition coefficient (Wildman–Crippen LogP) is 5.38. The quantitative estimate of drug-likeness (QED) is 0.384. The van der Waals surface area contributed by atoms with Crippen LogP contribution < -0.4 is 10.6 Å². The van der Waals surface area contributed by atoms with Gasteiger partial charge in [-0.2, -0.15) is 0 Å². The van der Waals surface area contributed by atoms with E-state index < -0.39 is 0 Å². The number of rotatable bonds is 7. The first kappa shape index (κ1) is 21.8. The van der Waals surface area contributed by atoms with E-state index in [9.17, 15) is 9.59 Å². The van der Waals surface area contributed by atoms with E-state index in [1.807, 2.05) is 67.1 Å². The van der Waals surface area contributed by atoms with Crippen molar-refractivity contribution < 1.29 is 9.59 Å². The zero-order chi connectivity index (χ0) is 21.5. The average Bonchev–Trinajstić information content (AvgIpc) is 3.20. The maximum atomic E-state index is 12.2. The Morgan fingerprint density at radius 3 is 2.43 bits per heavy atom. The van der Waals surface area contributed by atoms with E-state index in [0.29, 0.717) is 5.13 Å². The fourth-order valence-corrected chi connectivity index (χ4v) is 3.96. The summed E-state index contributed by atoms with van der Waals surface area (Å²) in [5, 5.41) is 8.13. The normalized spacial score (nSPS) is 12.0. The van der Waals surface area contributed by atoms with Crippen molar-refractivity contribution in [3.8, 4) is 11.3 Å². The van der Waals surface area contributed by atoms with E-state index in [4.69, 9.17) is 0 Å². The number of benzene rings is 2. The number of nitrogens with zero attached hydrogens (tertiary/aromatic N) is 1. The first-order chi connectivity index (χ1) is 14.4. The Kier molecular flexibility index (Phi) is 7.43. The molecule has 1 unspecified atom stereocenters. The number of anilines is 1. The third-order valence-corrected chi connectivity index (χ3v) is 5.90. The first-order valence-corrected chi connectivity index (χ1v) is 11.5. The number of nitrogens with one attached hydrogen (secondary N) is 2. The van der Waals surface area contributed by atoms with Crippen molar-refractivity contribution in [3.63, 3.8) is 0 Å². The molecule has 0 fully saturated rings. The van der Waals surface area contributed by atoms with Gasteiger partial charge in [-0.25, -0.2) is 4.98 Å². The zero-order valence-electron chi connectivity index (χ0n) is 17.0. The van der Waals surface area contributed by atoms with Crippen LogP contribution in [0.25, 0.3) is 17.3 Å². The molecule has 0 aliphatic rings. The van der Waals surface area contributed by atoms with Gasteiger partial charge in [-0.1, -0.05) is 36.4 Å². The van der Waals surface area contributed by atoms with Crippen LogP contribution in [0.4, 0.5) is 5.13 Å². The van der Waals surface area contributed by atoms with E-state index in [0.717, 1.165) is 22.4 Å². The molecule has 30 heavy (non-hydrogen) atoms. The van der Waals surface area contributed by atoms with Crippen molar-refractivity contribution >= 4 is 46.1 Å². The van der Waals surface area contributed by atoms with Crippen molar-refractivity contribution in [2.75, 3.05) is 11.6 Å². The van der Waals surface area contributed by atoms with Crippen LogP contribution in [0, 0.1) is 0 Å². The van der Waals surface area contributed by atoms with E-state index >= 15 is 0 Å². The lowest BCUT2D eigenvalue weighted by atomic mass is 10.1. The molecule has 154 valence electrons. The molecule has 0 saturated heterocycles. The highest BCUT2D eigenvalue weighted by Gasteiger charge is 2.09. The smallest absolute Gasteiger partial charge is 0.250 e. The number of hydrogen-bond donors (Lipinski definition) is 2. The number of carbonyl (C=O) groups excluding carboxylic acids is 2. The van der Waals surface area contributed by atoms with Crippen LogP contribution in [0.1, 0.15) is 31.0 Å². The van der Waals surface area contributed by atoms with Crippen molar-refractivity contribution in [2.24, 2.45) is 0 Å². The summed E-state index contributed by atoms with van der Waals surface area (Å²) in [6.07, 6.45) is 5.32. The summed E-state index contributed by atoms with van der Waals surface area (Å²) in [6.45, 7) is 3.45. The molecule has 0 saturated carbocycles. The molecule has 0 aliphatic heterocycles. The molecule has 2 N–H and O–H groups in total. The second-order valence-electron chi connectivity index (χ2n) is 6.68. The van der Waals surface area contributed by atoms with Gasteiger partial charge in [0.2, 0.25) is 11.8 Å². The van der Waals surface area contributed by atoms with Gasteiger partial charge in [0, 0.05) is 28.8 Å². The zero-order valence-corrected chi connectivity index (χ0v) is 18.6. The monoisotopic (exact) mass is 437 g/mol. The van der Waals surface area contributed by atoms with Crippen LogP contribution in [0.5, 0.6) is 0 Å². The molecule has 1 atom stereocenters. The summed E-state index contributed by atoms with van der Waals surface area (Å²) in [5.41, 5.74) is 3.74. The van der Waals surface area contributed by atoms with E-state index in [-0.39, 0.29) is 17.9 Å². The van der Waals surface area contributed by atoms with Gasteiger partial charge in [-0.15, -0.1) is 23.1 Å². The summed E-state index contributed by atoms with van der Waals surface area (Å²) in [4.78, 5) is 29.1. The maximum absolute atomic E-state index is 12.2. The highest BCUT2D eigenvalue weighted by Crippen LogP contribution is 2.26.